The molecule has 2 aromatic heterocycles. The summed E-state index contributed by atoms with van der Waals surface area (Å²) in [4.78, 5) is 33.4. The van der Waals surface area contributed by atoms with Crippen LogP contribution in [-0.2, 0) is 11.3 Å². The maximum Gasteiger partial charge on any atom is 0.271 e. The Balaban J connectivity index is 1.38. The molecule has 46 heavy (non-hydrogen) atoms. The molecule has 0 fully saturated rings. The second-order valence-electron chi connectivity index (χ2n) is 11.0. The second kappa shape index (κ2) is 12.0. The Morgan fingerprint density at radius 3 is 2.48 bits per heavy atom. The molecule has 7 rings (SSSR count). The number of carbonyl (C=O) groups is 1. The number of thiazole rings is 1. The molecule has 6 aromatic rings. The highest BCUT2D eigenvalue weighted by Gasteiger charge is 2.33. The van der Waals surface area contributed by atoms with E-state index in [1.165, 1.54) is 30.1 Å². The van der Waals surface area contributed by atoms with Crippen LogP contribution in [0.5, 0.6) is 11.5 Å². The molecule has 1 atom stereocenters. The highest BCUT2D eigenvalue weighted by Crippen LogP contribution is 2.35. The third-order valence-electron chi connectivity index (χ3n) is 8.12. The van der Waals surface area contributed by atoms with Gasteiger partial charge >= 0.3 is 0 Å². The minimum Gasteiger partial charge on any atom is -0.504 e. The maximum absolute atomic E-state index is 14.3. The van der Waals surface area contributed by atoms with Crippen molar-refractivity contribution in [2.75, 3.05) is 12.4 Å². The fourth-order valence-electron chi connectivity index (χ4n) is 5.95. The normalized spacial score (nSPS) is 14.7. The number of hydrogen-bond donors (Lipinski definition) is 2. The first-order chi connectivity index (χ1) is 22.4. The number of ether oxygens (including phenoxy) is 1. The molecule has 2 N–H and O–H groups in total. The van der Waals surface area contributed by atoms with Crippen LogP contribution in [0.1, 0.15) is 29.7 Å². The number of carbonyl (C=O) groups excluding carboxylic acids is 1. The summed E-state index contributed by atoms with van der Waals surface area (Å²) in [6, 6.07) is 31.6. The molecular weight excluding hydrogens is 596 g/mol. The molecule has 1 aliphatic rings. The van der Waals surface area contributed by atoms with Crippen LogP contribution in [0.15, 0.2) is 130 Å². The fraction of sp³-hybridized carbons (Fsp3) is 0.108. The summed E-state index contributed by atoms with van der Waals surface area (Å²) in [5.41, 5.74) is 4.95. The van der Waals surface area contributed by atoms with E-state index in [-0.39, 0.29) is 23.0 Å². The number of anilines is 1. The second-order valence-corrected chi connectivity index (χ2v) is 12.1. The van der Waals surface area contributed by atoms with Gasteiger partial charge in [0.1, 0.15) is 0 Å². The first kappa shape index (κ1) is 29.1. The fourth-order valence-corrected chi connectivity index (χ4v) is 6.99. The molecule has 0 spiro atoms. The first-order valence-electron chi connectivity index (χ1n) is 14.8. The predicted molar refractivity (Wildman–Crippen MR) is 181 cm³/mol. The standard InChI is InChI=1S/C37H30N4O4S/c1-23-33(35(43)39-27-13-7-4-8-14-27)34(25-17-18-30(42)31(19-25)45-2)41-36(44)32(46-37(41)38-23)20-26-22-40(21-24-11-5-3-6-12-24)29-16-10-9-15-28(26)29/h3-20,22,34,42H,21H2,1-2H3,(H,39,43)/b32-20-/t34-/m0/s1. The average molecular weight is 627 g/mol. The summed E-state index contributed by atoms with van der Waals surface area (Å²) < 4.78 is 9.65. The summed E-state index contributed by atoms with van der Waals surface area (Å²) in [5.74, 6) is -0.174. The average Bonchev–Trinajstić information content (AvgIpc) is 3.57. The molecule has 0 radical (unpaired) electrons. The van der Waals surface area contributed by atoms with E-state index >= 15 is 0 Å². The number of nitrogens with one attached hydrogen (secondary N) is 1. The van der Waals surface area contributed by atoms with Gasteiger partial charge < -0.3 is 19.7 Å². The number of methoxy groups -OCH3 is 1. The first-order valence-corrected chi connectivity index (χ1v) is 15.6. The predicted octanol–water partition coefficient (Wildman–Crippen LogP) is 5.59. The summed E-state index contributed by atoms with van der Waals surface area (Å²) in [7, 11) is 1.46. The van der Waals surface area contributed by atoms with Crippen molar-refractivity contribution in [2.45, 2.75) is 19.5 Å². The molecule has 0 unspecified atom stereocenters. The molecule has 0 saturated heterocycles. The molecule has 228 valence electrons. The Hall–Kier alpha value is -5.67. The lowest BCUT2D eigenvalue weighted by atomic mass is 9.94. The van der Waals surface area contributed by atoms with E-state index in [0.717, 1.165) is 16.5 Å². The quantitative estimate of drug-likeness (QED) is 0.242. The van der Waals surface area contributed by atoms with Crippen molar-refractivity contribution in [3.63, 3.8) is 0 Å². The highest BCUT2D eigenvalue weighted by atomic mass is 32.1. The monoisotopic (exact) mass is 626 g/mol. The lowest BCUT2D eigenvalue weighted by molar-refractivity contribution is -0.113. The molecule has 1 aliphatic heterocycles. The van der Waals surface area contributed by atoms with Crippen LogP contribution in [0.25, 0.3) is 17.0 Å². The Labute approximate surface area is 268 Å². The van der Waals surface area contributed by atoms with Crippen LogP contribution >= 0.6 is 11.3 Å². The van der Waals surface area contributed by atoms with Gasteiger partial charge in [0.15, 0.2) is 16.3 Å². The van der Waals surface area contributed by atoms with Crippen molar-refractivity contribution in [1.29, 1.82) is 0 Å². The lowest BCUT2D eigenvalue weighted by Crippen LogP contribution is -2.40. The Kier molecular flexibility index (Phi) is 7.60. The molecule has 3 heterocycles. The number of fused-ring (bicyclic) bond motifs is 2. The highest BCUT2D eigenvalue weighted by molar-refractivity contribution is 7.07. The number of nitrogens with zero attached hydrogens (tertiary/aromatic N) is 3. The van der Waals surface area contributed by atoms with Gasteiger partial charge in [-0.25, -0.2) is 4.99 Å². The molecule has 8 nitrogen and oxygen atoms in total. The molecule has 1 amide bonds. The van der Waals surface area contributed by atoms with E-state index in [2.05, 4.69) is 40.3 Å². The number of benzene rings is 4. The van der Waals surface area contributed by atoms with Crippen molar-refractivity contribution >= 4 is 39.9 Å². The number of hydrogen-bond acceptors (Lipinski definition) is 6. The Morgan fingerprint density at radius 1 is 1.00 bits per heavy atom. The molecule has 4 aromatic carbocycles. The lowest BCUT2D eigenvalue weighted by Gasteiger charge is -2.25. The van der Waals surface area contributed by atoms with Gasteiger partial charge in [-0.1, -0.05) is 84.1 Å². The van der Waals surface area contributed by atoms with Crippen LogP contribution < -0.4 is 24.9 Å². The third kappa shape index (κ3) is 5.31. The van der Waals surface area contributed by atoms with E-state index in [1.54, 1.807) is 35.8 Å². The van der Waals surface area contributed by atoms with Crippen molar-refractivity contribution in [1.82, 2.24) is 9.13 Å². The van der Waals surface area contributed by atoms with Crippen molar-refractivity contribution < 1.29 is 14.6 Å². The van der Waals surface area contributed by atoms with E-state index in [4.69, 9.17) is 9.73 Å². The summed E-state index contributed by atoms with van der Waals surface area (Å²) in [6.45, 7) is 2.47. The van der Waals surface area contributed by atoms with Gasteiger partial charge in [0.25, 0.3) is 11.5 Å². The number of allylic oxidation sites excluding steroid dienone is 1. The van der Waals surface area contributed by atoms with Gasteiger partial charge in [0, 0.05) is 34.9 Å². The third-order valence-corrected chi connectivity index (χ3v) is 9.10. The van der Waals surface area contributed by atoms with Crippen molar-refractivity contribution in [2.24, 2.45) is 4.99 Å². The Bertz CT molecular complexity index is 2320. The van der Waals surface area contributed by atoms with Crippen LogP contribution in [0, 0.1) is 0 Å². The number of para-hydroxylation sites is 2. The number of aromatic hydroxyl groups is 1. The van der Waals surface area contributed by atoms with Gasteiger partial charge in [-0.2, -0.15) is 0 Å². The zero-order chi connectivity index (χ0) is 31.8. The van der Waals surface area contributed by atoms with Crippen molar-refractivity contribution in [3.05, 3.63) is 157 Å². The molecular formula is C37H30N4O4S. The summed E-state index contributed by atoms with van der Waals surface area (Å²) in [5, 5.41) is 14.3. The number of phenols is 1. The van der Waals surface area contributed by atoms with Crippen molar-refractivity contribution in [3.8, 4) is 11.5 Å². The summed E-state index contributed by atoms with van der Waals surface area (Å²) in [6.07, 6.45) is 3.98. The SMILES string of the molecule is COc1cc([C@H]2C(C(=O)Nc3ccccc3)=C(C)N=c3s/c(=C\c4cn(Cc5ccccc5)c5ccccc45)c(=O)n32)ccc1O. The summed E-state index contributed by atoms with van der Waals surface area (Å²) >= 11 is 1.28. The zero-order valence-corrected chi connectivity index (χ0v) is 26.0. The minimum atomic E-state index is -0.809. The van der Waals surface area contributed by atoms with Gasteiger partial charge in [-0.05, 0) is 54.5 Å². The number of aromatic nitrogens is 2. The smallest absolute Gasteiger partial charge is 0.271 e. The van der Waals surface area contributed by atoms with Crippen LogP contribution in [0.3, 0.4) is 0 Å². The zero-order valence-electron chi connectivity index (χ0n) is 25.2. The van der Waals surface area contributed by atoms with E-state index < -0.39 is 6.04 Å². The van der Waals surface area contributed by atoms with E-state index in [1.807, 2.05) is 54.6 Å². The minimum absolute atomic E-state index is 0.0402. The number of phenolic OH excluding ortho intramolecular Hbond substituents is 1. The molecule has 9 heteroatoms. The van der Waals surface area contributed by atoms with Crippen LogP contribution in [0.4, 0.5) is 5.69 Å². The van der Waals surface area contributed by atoms with Crippen LogP contribution in [0.2, 0.25) is 0 Å². The van der Waals surface area contributed by atoms with Gasteiger partial charge in [0.2, 0.25) is 0 Å². The van der Waals surface area contributed by atoms with E-state index in [9.17, 15) is 14.7 Å². The maximum atomic E-state index is 14.3. The van der Waals surface area contributed by atoms with Crippen LogP contribution in [-0.4, -0.2) is 27.3 Å². The van der Waals surface area contributed by atoms with Gasteiger partial charge in [-0.3, -0.25) is 14.2 Å². The largest absolute Gasteiger partial charge is 0.504 e. The van der Waals surface area contributed by atoms with E-state index in [0.29, 0.717) is 38.4 Å². The topological polar surface area (TPSA) is 97.9 Å². The van der Waals surface area contributed by atoms with Gasteiger partial charge in [-0.15, -0.1) is 0 Å². The number of amides is 1. The number of rotatable bonds is 7. The molecule has 0 saturated carbocycles. The molecule has 0 bridgehead atoms. The van der Waals surface area contributed by atoms with Gasteiger partial charge in [0.05, 0.1) is 29.0 Å². The molecule has 0 aliphatic carbocycles. The Morgan fingerprint density at radius 2 is 1.72 bits per heavy atom.